The third-order valence-electron chi connectivity index (χ3n) is 3.33. The van der Waals surface area contributed by atoms with Gasteiger partial charge in [-0.15, -0.1) is 0 Å². The molecule has 0 bridgehead atoms. The van der Waals surface area contributed by atoms with Crippen LogP contribution in [0.15, 0.2) is 30.6 Å². The van der Waals surface area contributed by atoms with E-state index in [2.05, 4.69) is 35.3 Å². The number of aromatic nitrogens is 1. The number of hydrogen-bond acceptors (Lipinski definition) is 1. The van der Waals surface area contributed by atoms with Gasteiger partial charge in [-0.05, 0) is 49.1 Å². The number of benzene rings is 1. The third-order valence-corrected chi connectivity index (χ3v) is 3.33. The van der Waals surface area contributed by atoms with Crippen molar-refractivity contribution in [2.75, 3.05) is 0 Å². The molecule has 0 atom stereocenters. The number of aryl methyl sites for hydroxylation is 3. The van der Waals surface area contributed by atoms with Crippen molar-refractivity contribution in [1.82, 2.24) is 9.88 Å². The lowest BCUT2D eigenvalue weighted by Gasteiger charge is -2.08. The predicted molar refractivity (Wildman–Crippen MR) is 76.5 cm³/mol. The molecule has 0 fully saturated rings. The smallest absolute Gasteiger partial charge is 0.129 e. The van der Waals surface area contributed by atoms with Gasteiger partial charge >= 0.3 is 0 Å². The van der Waals surface area contributed by atoms with E-state index >= 15 is 0 Å². The van der Waals surface area contributed by atoms with Gasteiger partial charge in [-0.3, -0.25) is 0 Å². The Balaban J connectivity index is 1.92. The highest BCUT2D eigenvalue weighted by Crippen LogP contribution is 2.14. The highest BCUT2D eigenvalue weighted by Gasteiger charge is 2.04. The van der Waals surface area contributed by atoms with E-state index in [4.69, 9.17) is 0 Å². The summed E-state index contributed by atoms with van der Waals surface area (Å²) in [5, 5.41) is 3.39. The minimum absolute atomic E-state index is 0.0937. The topological polar surface area (TPSA) is 17.0 Å². The van der Waals surface area contributed by atoms with Crippen molar-refractivity contribution in [3.05, 3.63) is 58.7 Å². The fraction of sp³-hybridized carbons (Fsp3) is 0.375. The quantitative estimate of drug-likeness (QED) is 0.870. The molecule has 0 saturated heterocycles. The first-order valence-corrected chi connectivity index (χ1v) is 6.71. The van der Waals surface area contributed by atoms with Gasteiger partial charge in [0.25, 0.3) is 0 Å². The SMILES string of the molecule is CCn1ccc(CNCc2cc(C)c(F)c(C)c2)c1. The van der Waals surface area contributed by atoms with Gasteiger partial charge in [0, 0.05) is 32.0 Å². The zero-order chi connectivity index (χ0) is 13.8. The first-order chi connectivity index (χ1) is 9.10. The Morgan fingerprint density at radius 2 is 1.74 bits per heavy atom. The summed E-state index contributed by atoms with van der Waals surface area (Å²) < 4.78 is 15.7. The Hall–Kier alpha value is -1.61. The van der Waals surface area contributed by atoms with Crippen molar-refractivity contribution < 1.29 is 4.39 Å². The van der Waals surface area contributed by atoms with Gasteiger partial charge in [-0.1, -0.05) is 12.1 Å². The van der Waals surface area contributed by atoms with E-state index in [0.29, 0.717) is 11.1 Å². The zero-order valence-corrected chi connectivity index (χ0v) is 11.8. The maximum Gasteiger partial charge on any atom is 0.129 e. The van der Waals surface area contributed by atoms with E-state index in [1.54, 1.807) is 0 Å². The number of hydrogen-bond donors (Lipinski definition) is 1. The van der Waals surface area contributed by atoms with E-state index in [1.807, 2.05) is 26.0 Å². The lowest BCUT2D eigenvalue weighted by Crippen LogP contribution is -2.12. The predicted octanol–water partition coefficient (Wildman–Crippen LogP) is 3.55. The number of halogens is 1. The first kappa shape index (κ1) is 13.8. The van der Waals surface area contributed by atoms with Crippen molar-refractivity contribution in [2.45, 2.75) is 40.4 Å². The van der Waals surface area contributed by atoms with Gasteiger partial charge in [0.15, 0.2) is 0 Å². The summed E-state index contributed by atoms with van der Waals surface area (Å²) in [6.07, 6.45) is 4.23. The van der Waals surface area contributed by atoms with Crippen molar-refractivity contribution in [1.29, 1.82) is 0 Å². The van der Waals surface area contributed by atoms with Crippen LogP contribution < -0.4 is 5.32 Å². The molecule has 0 aliphatic heterocycles. The van der Waals surface area contributed by atoms with Crippen LogP contribution in [0, 0.1) is 19.7 Å². The highest BCUT2D eigenvalue weighted by atomic mass is 19.1. The molecule has 2 rings (SSSR count). The summed E-state index contributed by atoms with van der Waals surface area (Å²) in [6, 6.07) is 5.94. The normalized spacial score (nSPS) is 10.9. The summed E-state index contributed by atoms with van der Waals surface area (Å²) in [6.45, 7) is 8.35. The van der Waals surface area contributed by atoms with Gasteiger partial charge < -0.3 is 9.88 Å². The zero-order valence-electron chi connectivity index (χ0n) is 11.8. The van der Waals surface area contributed by atoms with Crippen LogP contribution in [0.3, 0.4) is 0 Å². The number of rotatable bonds is 5. The van der Waals surface area contributed by atoms with Crippen LogP contribution in [0.25, 0.3) is 0 Å². The van der Waals surface area contributed by atoms with Crippen LogP contribution in [0.5, 0.6) is 0 Å². The minimum atomic E-state index is -0.0937. The van der Waals surface area contributed by atoms with Crippen LogP contribution in [0.1, 0.15) is 29.2 Å². The van der Waals surface area contributed by atoms with Crippen molar-refractivity contribution >= 4 is 0 Å². The molecule has 0 unspecified atom stereocenters. The van der Waals surface area contributed by atoms with E-state index in [-0.39, 0.29) is 5.82 Å². The van der Waals surface area contributed by atoms with Gasteiger partial charge in [-0.25, -0.2) is 4.39 Å². The Morgan fingerprint density at radius 3 is 2.32 bits per heavy atom. The number of nitrogens with zero attached hydrogens (tertiary/aromatic N) is 1. The van der Waals surface area contributed by atoms with Gasteiger partial charge in [0.1, 0.15) is 5.82 Å². The highest BCUT2D eigenvalue weighted by molar-refractivity contribution is 5.30. The van der Waals surface area contributed by atoms with E-state index in [0.717, 1.165) is 25.2 Å². The summed E-state index contributed by atoms with van der Waals surface area (Å²) in [7, 11) is 0. The standard InChI is InChI=1S/C16H21FN2/c1-4-19-6-5-14(11-19)9-18-10-15-7-12(2)16(17)13(3)8-15/h5-8,11,18H,4,9-10H2,1-3H3. The molecule has 0 aliphatic carbocycles. The molecule has 19 heavy (non-hydrogen) atoms. The van der Waals surface area contributed by atoms with Crippen LogP contribution in [-0.4, -0.2) is 4.57 Å². The molecule has 0 radical (unpaired) electrons. The summed E-state index contributed by atoms with van der Waals surface area (Å²) in [4.78, 5) is 0. The molecule has 1 aromatic heterocycles. The molecule has 0 aliphatic rings. The minimum Gasteiger partial charge on any atom is -0.354 e. The molecule has 0 saturated carbocycles. The molecule has 0 spiro atoms. The summed E-state index contributed by atoms with van der Waals surface area (Å²) in [5.41, 5.74) is 3.84. The maximum absolute atomic E-state index is 13.5. The molecule has 2 aromatic rings. The van der Waals surface area contributed by atoms with E-state index < -0.39 is 0 Å². The molecule has 3 heteroatoms. The van der Waals surface area contributed by atoms with Gasteiger partial charge in [0.2, 0.25) is 0 Å². The molecule has 1 N–H and O–H groups in total. The monoisotopic (exact) mass is 260 g/mol. The Bertz CT molecular complexity index is 535. The summed E-state index contributed by atoms with van der Waals surface area (Å²) >= 11 is 0. The lowest BCUT2D eigenvalue weighted by atomic mass is 10.1. The van der Waals surface area contributed by atoms with Gasteiger partial charge in [-0.2, -0.15) is 0 Å². The molecule has 1 heterocycles. The average molecular weight is 260 g/mol. The second kappa shape index (κ2) is 6.02. The largest absolute Gasteiger partial charge is 0.354 e. The second-order valence-electron chi connectivity index (χ2n) is 5.00. The van der Waals surface area contributed by atoms with Crippen molar-refractivity contribution in [3.8, 4) is 0 Å². The van der Waals surface area contributed by atoms with Crippen molar-refractivity contribution in [3.63, 3.8) is 0 Å². The van der Waals surface area contributed by atoms with Gasteiger partial charge in [0.05, 0.1) is 0 Å². The number of nitrogens with one attached hydrogen (secondary N) is 1. The lowest BCUT2D eigenvalue weighted by molar-refractivity contribution is 0.606. The molecular formula is C16H21FN2. The van der Waals surface area contributed by atoms with Crippen LogP contribution >= 0.6 is 0 Å². The van der Waals surface area contributed by atoms with Crippen LogP contribution in [-0.2, 0) is 19.6 Å². The first-order valence-electron chi connectivity index (χ1n) is 6.71. The maximum atomic E-state index is 13.5. The Labute approximate surface area is 114 Å². The van der Waals surface area contributed by atoms with Crippen LogP contribution in [0.2, 0.25) is 0 Å². The van der Waals surface area contributed by atoms with E-state index in [1.165, 1.54) is 5.56 Å². The summed E-state index contributed by atoms with van der Waals surface area (Å²) in [5.74, 6) is -0.0937. The van der Waals surface area contributed by atoms with Crippen LogP contribution in [0.4, 0.5) is 4.39 Å². The van der Waals surface area contributed by atoms with E-state index in [9.17, 15) is 4.39 Å². The Kier molecular flexibility index (Phi) is 4.38. The molecule has 1 aromatic carbocycles. The molecular weight excluding hydrogens is 239 g/mol. The van der Waals surface area contributed by atoms with Crippen molar-refractivity contribution in [2.24, 2.45) is 0 Å². The third kappa shape index (κ3) is 3.44. The average Bonchev–Trinajstić information content (AvgIpc) is 2.84. The fourth-order valence-electron chi connectivity index (χ4n) is 2.28. The molecule has 2 nitrogen and oxygen atoms in total. The Morgan fingerprint density at radius 1 is 1.11 bits per heavy atom. The molecule has 0 amide bonds. The second-order valence-corrected chi connectivity index (χ2v) is 5.00. The molecule has 102 valence electrons. The fourth-order valence-corrected chi connectivity index (χ4v) is 2.28.